The van der Waals surface area contributed by atoms with Crippen molar-refractivity contribution in [2.75, 3.05) is 0 Å². The smallest absolute Gasteiger partial charge is 0.208 e. The molecule has 0 aromatic heterocycles. The Morgan fingerprint density at radius 3 is 2.32 bits per heavy atom. The van der Waals surface area contributed by atoms with Crippen LogP contribution in [-0.2, 0) is 10.0 Å². The van der Waals surface area contributed by atoms with Crippen molar-refractivity contribution in [1.82, 2.24) is 4.72 Å². The number of nitrogens with one attached hydrogen (secondary N) is 1. The van der Waals surface area contributed by atoms with Crippen LogP contribution in [0, 0.1) is 0 Å². The zero-order valence-electron chi connectivity index (χ0n) is 11.8. The molecule has 2 aromatic rings. The van der Waals surface area contributed by atoms with E-state index >= 15 is 0 Å². The van der Waals surface area contributed by atoms with E-state index in [1.165, 1.54) is 6.08 Å². The van der Waals surface area contributed by atoms with E-state index in [1.807, 2.05) is 6.07 Å². The van der Waals surface area contributed by atoms with Crippen molar-refractivity contribution in [2.24, 2.45) is 0 Å². The van der Waals surface area contributed by atoms with Crippen molar-refractivity contribution < 1.29 is 8.42 Å². The summed E-state index contributed by atoms with van der Waals surface area (Å²) < 4.78 is 26.8. The minimum absolute atomic E-state index is 0.423. The van der Waals surface area contributed by atoms with Gasteiger partial charge in [0.1, 0.15) is 0 Å². The molecule has 2 aromatic carbocycles. The largest absolute Gasteiger partial charge is 0.234 e. The lowest BCUT2D eigenvalue weighted by molar-refractivity contribution is 0.576. The molecule has 0 fully saturated rings. The van der Waals surface area contributed by atoms with Crippen molar-refractivity contribution in [3.05, 3.63) is 75.1 Å². The normalized spacial score (nSPS) is 13.4. The van der Waals surface area contributed by atoms with E-state index in [9.17, 15) is 8.42 Å². The predicted molar refractivity (Wildman–Crippen MR) is 92.4 cm³/mol. The van der Waals surface area contributed by atoms with Crippen LogP contribution < -0.4 is 4.72 Å². The molecule has 0 bridgehead atoms. The van der Waals surface area contributed by atoms with E-state index in [0.717, 1.165) is 16.5 Å². The minimum atomic E-state index is -3.58. The molecule has 1 atom stereocenters. The number of benzene rings is 2. The Morgan fingerprint density at radius 1 is 1.05 bits per heavy atom. The fourth-order valence-corrected chi connectivity index (χ4v) is 3.38. The van der Waals surface area contributed by atoms with Gasteiger partial charge in [-0.15, -0.1) is 0 Å². The summed E-state index contributed by atoms with van der Waals surface area (Å²) in [6, 6.07) is 13.6. The number of sulfonamides is 1. The van der Waals surface area contributed by atoms with Crippen LogP contribution in [0.5, 0.6) is 0 Å². The third kappa shape index (κ3) is 4.85. The van der Waals surface area contributed by atoms with E-state index in [2.05, 4.69) is 4.72 Å². The van der Waals surface area contributed by atoms with Gasteiger partial charge < -0.3 is 0 Å². The van der Waals surface area contributed by atoms with Gasteiger partial charge in [-0.2, -0.15) is 0 Å². The lowest BCUT2D eigenvalue weighted by atomic mass is 10.1. The average Bonchev–Trinajstić information content (AvgIpc) is 2.46. The first-order valence-electron chi connectivity index (χ1n) is 6.58. The highest BCUT2D eigenvalue weighted by atomic mass is 35.5. The summed E-state index contributed by atoms with van der Waals surface area (Å²) in [5.41, 5.74) is 1.48. The second kappa shape index (κ2) is 7.29. The molecule has 0 spiro atoms. The Morgan fingerprint density at radius 2 is 1.68 bits per heavy atom. The van der Waals surface area contributed by atoms with Gasteiger partial charge in [-0.25, -0.2) is 13.1 Å². The molecule has 0 saturated carbocycles. The molecule has 0 aliphatic carbocycles. The van der Waals surface area contributed by atoms with E-state index in [4.69, 9.17) is 23.2 Å². The first-order chi connectivity index (χ1) is 10.4. The van der Waals surface area contributed by atoms with Crippen LogP contribution in [0.3, 0.4) is 0 Å². The summed E-state index contributed by atoms with van der Waals surface area (Å²) >= 11 is 11.9. The number of halogens is 2. The molecule has 116 valence electrons. The molecule has 0 aliphatic rings. The second-order valence-corrected chi connectivity index (χ2v) is 7.20. The van der Waals surface area contributed by atoms with Crippen molar-refractivity contribution in [1.29, 1.82) is 0 Å². The third-order valence-corrected chi connectivity index (χ3v) is 4.80. The quantitative estimate of drug-likeness (QED) is 0.848. The molecule has 0 heterocycles. The van der Waals surface area contributed by atoms with Crippen molar-refractivity contribution in [3.8, 4) is 0 Å². The van der Waals surface area contributed by atoms with Gasteiger partial charge in [0.25, 0.3) is 0 Å². The van der Waals surface area contributed by atoms with Gasteiger partial charge in [0.2, 0.25) is 10.0 Å². The first-order valence-corrected chi connectivity index (χ1v) is 8.88. The van der Waals surface area contributed by atoms with Gasteiger partial charge >= 0.3 is 0 Å². The van der Waals surface area contributed by atoms with Gasteiger partial charge in [0, 0.05) is 21.5 Å². The number of rotatable bonds is 5. The van der Waals surface area contributed by atoms with E-state index < -0.39 is 16.1 Å². The summed E-state index contributed by atoms with van der Waals surface area (Å²) in [5.74, 6) is 0. The zero-order valence-corrected chi connectivity index (χ0v) is 14.2. The van der Waals surface area contributed by atoms with Crippen LogP contribution in [-0.4, -0.2) is 8.42 Å². The number of hydrogen-bond acceptors (Lipinski definition) is 2. The molecular formula is C16H15Cl2NO2S. The molecule has 3 nitrogen and oxygen atoms in total. The lowest BCUT2D eigenvalue weighted by Gasteiger charge is -2.14. The Hall–Kier alpha value is -1.33. The highest BCUT2D eigenvalue weighted by Crippen LogP contribution is 2.23. The highest BCUT2D eigenvalue weighted by Gasteiger charge is 2.14. The standard InChI is InChI=1S/C16H15Cl2NO2S/c1-12(15-4-2-3-5-16(15)18)19-22(20,21)11-10-13-6-8-14(17)9-7-13/h2-12,19H,1H3/b11-10+/t12-/m0/s1. The summed E-state index contributed by atoms with van der Waals surface area (Å²) in [7, 11) is -3.58. The van der Waals surface area contributed by atoms with Crippen LogP contribution in [0.4, 0.5) is 0 Å². The molecule has 0 saturated heterocycles. The second-order valence-electron chi connectivity index (χ2n) is 4.76. The Labute approximate surface area is 140 Å². The SMILES string of the molecule is C[C@H](NS(=O)(=O)/C=C/c1ccc(Cl)cc1)c1ccccc1Cl. The maximum atomic E-state index is 12.1. The Balaban J connectivity index is 2.11. The molecule has 0 radical (unpaired) electrons. The summed E-state index contributed by atoms with van der Waals surface area (Å²) in [4.78, 5) is 0. The maximum Gasteiger partial charge on any atom is 0.234 e. The molecule has 0 unspecified atom stereocenters. The predicted octanol–water partition coefficient (Wildman–Crippen LogP) is 4.64. The molecular weight excluding hydrogens is 341 g/mol. The molecule has 22 heavy (non-hydrogen) atoms. The average molecular weight is 356 g/mol. The molecule has 0 amide bonds. The summed E-state index contributed by atoms with van der Waals surface area (Å²) in [5, 5.41) is 2.26. The van der Waals surface area contributed by atoms with Crippen molar-refractivity contribution in [2.45, 2.75) is 13.0 Å². The first kappa shape index (κ1) is 17.0. The fraction of sp³-hybridized carbons (Fsp3) is 0.125. The molecule has 0 aliphatic heterocycles. The van der Waals surface area contributed by atoms with E-state index in [0.29, 0.717) is 10.0 Å². The Bertz CT molecular complexity index is 771. The maximum absolute atomic E-state index is 12.1. The van der Waals surface area contributed by atoms with Crippen LogP contribution in [0.25, 0.3) is 6.08 Å². The van der Waals surface area contributed by atoms with Crippen LogP contribution >= 0.6 is 23.2 Å². The molecule has 2 rings (SSSR count). The van der Waals surface area contributed by atoms with Gasteiger partial charge in [-0.1, -0.05) is 53.5 Å². The highest BCUT2D eigenvalue weighted by molar-refractivity contribution is 7.92. The van der Waals surface area contributed by atoms with E-state index in [-0.39, 0.29) is 0 Å². The van der Waals surface area contributed by atoms with Crippen molar-refractivity contribution in [3.63, 3.8) is 0 Å². The minimum Gasteiger partial charge on any atom is -0.208 e. The topological polar surface area (TPSA) is 46.2 Å². The zero-order chi connectivity index (χ0) is 16.2. The van der Waals surface area contributed by atoms with Crippen molar-refractivity contribution >= 4 is 39.3 Å². The molecule has 1 N–H and O–H groups in total. The van der Waals surface area contributed by atoms with Gasteiger partial charge in [-0.3, -0.25) is 0 Å². The Kier molecular flexibility index (Phi) is 5.64. The molecule has 6 heteroatoms. The third-order valence-electron chi connectivity index (χ3n) is 3.02. The van der Waals surface area contributed by atoms with Crippen LogP contribution in [0.1, 0.15) is 24.1 Å². The van der Waals surface area contributed by atoms with Gasteiger partial charge in [0.15, 0.2) is 0 Å². The number of hydrogen-bond donors (Lipinski definition) is 1. The van der Waals surface area contributed by atoms with E-state index in [1.54, 1.807) is 49.4 Å². The fourth-order valence-electron chi connectivity index (χ4n) is 1.92. The summed E-state index contributed by atoms with van der Waals surface area (Å²) in [6.45, 7) is 1.74. The summed E-state index contributed by atoms with van der Waals surface area (Å²) in [6.07, 6.45) is 1.51. The van der Waals surface area contributed by atoms with Crippen LogP contribution in [0.2, 0.25) is 10.0 Å². The lowest BCUT2D eigenvalue weighted by Crippen LogP contribution is -2.24. The van der Waals surface area contributed by atoms with Gasteiger partial charge in [-0.05, 0) is 42.3 Å². The van der Waals surface area contributed by atoms with Gasteiger partial charge in [0.05, 0.1) is 0 Å². The van der Waals surface area contributed by atoms with Crippen LogP contribution in [0.15, 0.2) is 53.9 Å². The monoisotopic (exact) mass is 355 g/mol.